The number of carbonyl (C=O) groups is 3. The molecule has 2 atom stereocenters. The highest BCUT2D eigenvalue weighted by molar-refractivity contribution is 6.00. The summed E-state index contributed by atoms with van der Waals surface area (Å²) in [5, 5.41) is 2.78. The molecule has 4 rings (SSSR count). The van der Waals surface area contributed by atoms with Gasteiger partial charge in [0.15, 0.2) is 0 Å². The second-order valence-electron chi connectivity index (χ2n) is 6.84. The van der Waals surface area contributed by atoms with Gasteiger partial charge in [0.25, 0.3) is 5.91 Å². The van der Waals surface area contributed by atoms with Crippen LogP contribution in [0.15, 0.2) is 36.8 Å². The minimum atomic E-state index is -0.682. The van der Waals surface area contributed by atoms with E-state index in [-0.39, 0.29) is 24.3 Å². The first-order valence-corrected chi connectivity index (χ1v) is 9.09. The zero-order chi connectivity index (χ0) is 19.7. The summed E-state index contributed by atoms with van der Waals surface area (Å²) in [6.45, 7) is 0.839. The number of hydrogen-bond acceptors (Lipinski definition) is 5. The van der Waals surface area contributed by atoms with E-state index in [4.69, 9.17) is 4.74 Å². The maximum absolute atomic E-state index is 12.9. The number of carbonyl (C=O) groups excluding carboxylic acids is 3. The topological polar surface area (TPSA) is 108 Å². The maximum atomic E-state index is 12.9. The Morgan fingerprint density at radius 1 is 1.29 bits per heavy atom. The second kappa shape index (κ2) is 7.34. The van der Waals surface area contributed by atoms with Crippen molar-refractivity contribution in [1.29, 1.82) is 0 Å². The van der Waals surface area contributed by atoms with Crippen LogP contribution in [0, 0.1) is 0 Å². The van der Waals surface area contributed by atoms with Crippen LogP contribution < -0.4 is 10.1 Å². The Morgan fingerprint density at radius 2 is 2.11 bits per heavy atom. The largest absolute Gasteiger partial charge is 0.496 e. The molecule has 0 unspecified atom stereocenters. The van der Waals surface area contributed by atoms with Crippen molar-refractivity contribution in [1.82, 2.24) is 25.1 Å². The van der Waals surface area contributed by atoms with E-state index in [0.717, 1.165) is 5.69 Å². The minimum Gasteiger partial charge on any atom is -0.496 e. The number of imidazole rings is 1. The predicted octanol–water partition coefficient (Wildman–Crippen LogP) is -0.188. The summed E-state index contributed by atoms with van der Waals surface area (Å²) >= 11 is 0. The normalized spacial score (nSPS) is 21.9. The smallest absolute Gasteiger partial charge is 0.257 e. The second-order valence-corrected chi connectivity index (χ2v) is 6.84. The summed E-state index contributed by atoms with van der Waals surface area (Å²) in [6.07, 6.45) is 3.53. The number of fused-ring (bicyclic) bond motifs is 1. The molecule has 2 aliphatic heterocycles. The molecule has 2 N–H and O–H groups in total. The SMILES string of the molecule is COc1ccccc1C(=O)N1CCN2C(=O)[C@H](Cc3cnc[nH]3)NC(=O)[C@H]2C1. The lowest BCUT2D eigenvalue weighted by Crippen LogP contribution is -2.70. The van der Waals surface area contributed by atoms with Gasteiger partial charge in [-0.25, -0.2) is 4.98 Å². The third-order valence-electron chi connectivity index (χ3n) is 5.18. The number of amides is 3. The number of hydrogen-bond donors (Lipinski definition) is 2. The Hall–Kier alpha value is -3.36. The Kier molecular flexibility index (Phi) is 4.72. The summed E-state index contributed by atoms with van der Waals surface area (Å²) in [5.74, 6) is -0.110. The average Bonchev–Trinajstić information content (AvgIpc) is 3.24. The fourth-order valence-corrected chi connectivity index (χ4v) is 3.73. The third kappa shape index (κ3) is 3.19. The van der Waals surface area contributed by atoms with Crippen LogP contribution in [0.25, 0.3) is 0 Å². The first-order valence-electron chi connectivity index (χ1n) is 9.09. The molecule has 2 fully saturated rings. The van der Waals surface area contributed by atoms with Crippen LogP contribution >= 0.6 is 0 Å². The first kappa shape index (κ1) is 18.0. The number of aromatic amines is 1. The van der Waals surface area contributed by atoms with Gasteiger partial charge in [-0.1, -0.05) is 12.1 Å². The molecule has 3 amide bonds. The molecular weight excluding hydrogens is 362 g/mol. The first-order chi connectivity index (χ1) is 13.6. The van der Waals surface area contributed by atoms with Crippen LogP contribution in [-0.2, 0) is 16.0 Å². The highest BCUT2D eigenvalue weighted by atomic mass is 16.5. The number of benzene rings is 1. The molecule has 9 nitrogen and oxygen atoms in total. The molecule has 2 aromatic rings. The monoisotopic (exact) mass is 383 g/mol. The van der Waals surface area contributed by atoms with E-state index in [1.165, 1.54) is 13.4 Å². The highest BCUT2D eigenvalue weighted by Crippen LogP contribution is 2.23. The van der Waals surface area contributed by atoms with Crippen LogP contribution in [0.3, 0.4) is 0 Å². The molecule has 0 radical (unpaired) electrons. The van der Waals surface area contributed by atoms with Crippen LogP contribution in [0.4, 0.5) is 0 Å². The number of rotatable bonds is 4. The summed E-state index contributed by atoms with van der Waals surface area (Å²) in [5.41, 5.74) is 1.22. The number of nitrogens with one attached hydrogen (secondary N) is 2. The Balaban J connectivity index is 1.48. The van der Waals surface area contributed by atoms with Gasteiger partial charge >= 0.3 is 0 Å². The summed E-state index contributed by atoms with van der Waals surface area (Å²) < 4.78 is 5.27. The molecule has 1 aromatic carbocycles. The average molecular weight is 383 g/mol. The molecule has 2 aliphatic rings. The van der Waals surface area contributed by atoms with Gasteiger partial charge in [-0.3, -0.25) is 14.4 Å². The molecule has 28 heavy (non-hydrogen) atoms. The number of piperazine rings is 2. The zero-order valence-corrected chi connectivity index (χ0v) is 15.4. The van der Waals surface area contributed by atoms with Crippen LogP contribution in [0.1, 0.15) is 16.1 Å². The van der Waals surface area contributed by atoms with Crippen LogP contribution in [0.2, 0.25) is 0 Å². The van der Waals surface area contributed by atoms with E-state index >= 15 is 0 Å². The quantitative estimate of drug-likeness (QED) is 0.761. The third-order valence-corrected chi connectivity index (χ3v) is 5.18. The molecule has 0 bridgehead atoms. The van der Waals surface area contributed by atoms with E-state index in [1.54, 1.807) is 40.3 Å². The van der Waals surface area contributed by atoms with E-state index in [9.17, 15) is 14.4 Å². The van der Waals surface area contributed by atoms with Crippen molar-refractivity contribution in [2.24, 2.45) is 0 Å². The van der Waals surface area contributed by atoms with Gasteiger partial charge in [0.1, 0.15) is 17.8 Å². The standard InChI is InChI=1S/C19H21N5O4/c1-28-16-5-3-2-4-13(16)18(26)23-6-7-24-15(10-23)17(25)22-14(19(24)27)8-12-9-20-11-21-12/h2-5,9,11,14-15H,6-8,10H2,1H3,(H,20,21)(H,22,25)/t14-,15+/m0/s1. The molecule has 3 heterocycles. The van der Waals surface area contributed by atoms with Crippen molar-refractivity contribution >= 4 is 17.7 Å². The number of ether oxygens (including phenoxy) is 1. The minimum absolute atomic E-state index is 0.136. The molecule has 0 saturated carbocycles. The van der Waals surface area contributed by atoms with Gasteiger partial charge in [0, 0.05) is 31.4 Å². The molecule has 1 aromatic heterocycles. The Morgan fingerprint density at radius 3 is 2.86 bits per heavy atom. The van der Waals surface area contributed by atoms with Crippen molar-refractivity contribution in [2.75, 3.05) is 26.7 Å². The predicted molar refractivity (Wildman–Crippen MR) is 98.6 cm³/mol. The zero-order valence-electron chi connectivity index (χ0n) is 15.4. The van der Waals surface area contributed by atoms with Crippen LogP contribution in [-0.4, -0.2) is 76.3 Å². The van der Waals surface area contributed by atoms with Crippen molar-refractivity contribution in [2.45, 2.75) is 18.5 Å². The summed E-state index contributed by atoms with van der Waals surface area (Å²) in [4.78, 5) is 48.5. The number of aromatic nitrogens is 2. The molecule has 0 spiro atoms. The fourth-order valence-electron chi connectivity index (χ4n) is 3.73. The van der Waals surface area contributed by atoms with Gasteiger partial charge in [0.2, 0.25) is 11.8 Å². The van der Waals surface area contributed by atoms with Gasteiger partial charge in [-0.2, -0.15) is 0 Å². The lowest BCUT2D eigenvalue weighted by atomic mass is 10.0. The van der Waals surface area contributed by atoms with Crippen molar-refractivity contribution < 1.29 is 19.1 Å². The molecule has 146 valence electrons. The van der Waals surface area contributed by atoms with Crippen molar-refractivity contribution in [3.63, 3.8) is 0 Å². The van der Waals surface area contributed by atoms with Gasteiger partial charge in [0.05, 0.1) is 25.5 Å². The fraction of sp³-hybridized carbons (Fsp3) is 0.368. The lowest BCUT2D eigenvalue weighted by Gasteiger charge is -2.45. The molecule has 2 saturated heterocycles. The Bertz CT molecular complexity index is 897. The van der Waals surface area contributed by atoms with Crippen molar-refractivity contribution in [3.05, 3.63) is 48.0 Å². The van der Waals surface area contributed by atoms with E-state index < -0.39 is 12.1 Å². The molecule has 9 heteroatoms. The van der Waals surface area contributed by atoms with Gasteiger partial charge in [-0.05, 0) is 12.1 Å². The van der Waals surface area contributed by atoms with Crippen molar-refractivity contribution in [3.8, 4) is 5.75 Å². The van der Waals surface area contributed by atoms with Gasteiger partial charge < -0.3 is 24.8 Å². The van der Waals surface area contributed by atoms with Crippen LogP contribution in [0.5, 0.6) is 5.75 Å². The number of methoxy groups -OCH3 is 1. The summed E-state index contributed by atoms with van der Waals surface area (Å²) in [6, 6.07) is 5.67. The number of para-hydroxylation sites is 1. The van der Waals surface area contributed by atoms with E-state index in [0.29, 0.717) is 30.8 Å². The molecule has 0 aliphatic carbocycles. The lowest BCUT2D eigenvalue weighted by molar-refractivity contribution is -0.152. The summed E-state index contributed by atoms with van der Waals surface area (Å²) in [7, 11) is 1.51. The number of H-pyrrole nitrogens is 1. The number of nitrogens with zero attached hydrogens (tertiary/aromatic N) is 3. The molecular formula is C19H21N5O4. The van der Waals surface area contributed by atoms with E-state index in [2.05, 4.69) is 15.3 Å². The van der Waals surface area contributed by atoms with E-state index in [1.807, 2.05) is 0 Å². The highest BCUT2D eigenvalue weighted by Gasteiger charge is 2.44. The van der Waals surface area contributed by atoms with Gasteiger partial charge in [-0.15, -0.1) is 0 Å². The Labute approximate surface area is 161 Å². The maximum Gasteiger partial charge on any atom is 0.257 e.